The highest BCUT2D eigenvalue weighted by Crippen LogP contribution is 2.59. The maximum atomic E-state index is 14.9. The van der Waals surface area contributed by atoms with Gasteiger partial charge in [-0.1, -0.05) is 31.7 Å². The molecule has 4 aliphatic carbocycles. The van der Waals surface area contributed by atoms with E-state index in [0.29, 0.717) is 41.1 Å². The zero-order valence-corrected chi connectivity index (χ0v) is 26.8. The van der Waals surface area contributed by atoms with Gasteiger partial charge in [-0.25, -0.2) is 19.3 Å². The number of hydrogen-bond acceptors (Lipinski definition) is 8. The molecule has 246 valence electrons. The number of nitrogens with one attached hydrogen (secondary N) is 2. The van der Waals surface area contributed by atoms with Crippen LogP contribution in [0.15, 0.2) is 42.7 Å². The summed E-state index contributed by atoms with van der Waals surface area (Å²) in [4.78, 5) is 25.1. The second-order valence-corrected chi connectivity index (χ2v) is 14.0. The minimum atomic E-state index is -0.354. The van der Waals surface area contributed by atoms with Gasteiger partial charge in [0, 0.05) is 31.3 Å². The molecule has 1 aromatic carbocycles. The molecule has 4 fully saturated rings. The molecule has 7 rings (SSSR count). The van der Waals surface area contributed by atoms with E-state index < -0.39 is 0 Å². The number of carbonyl (C=O) groups excluding carboxylic acids is 1. The van der Waals surface area contributed by atoms with Crippen molar-refractivity contribution in [2.75, 3.05) is 29.9 Å². The van der Waals surface area contributed by atoms with Gasteiger partial charge in [-0.3, -0.25) is 4.79 Å². The van der Waals surface area contributed by atoms with Crippen LogP contribution < -0.4 is 26.8 Å². The molecule has 6 N–H and O–H groups in total. The average molecular weight is 630 g/mol. The fourth-order valence-corrected chi connectivity index (χ4v) is 8.40. The quantitative estimate of drug-likeness (QED) is 0.126. The zero-order chi connectivity index (χ0) is 31.9. The number of nitrogens with zero attached hydrogens (tertiary/aromatic N) is 3. The van der Waals surface area contributed by atoms with Gasteiger partial charge < -0.3 is 26.8 Å². The van der Waals surface area contributed by atoms with E-state index >= 15 is 0 Å². The zero-order valence-electron chi connectivity index (χ0n) is 26.8. The van der Waals surface area contributed by atoms with E-state index in [1.54, 1.807) is 30.5 Å². The third kappa shape index (κ3) is 8.25. The van der Waals surface area contributed by atoms with Crippen LogP contribution in [-0.2, 0) is 11.4 Å². The van der Waals surface area contributed by atoms with Crippen LogP contribution in [-0.4, -0.2) is 33.9 Å². The number of amides is 1. The van der Waals surface area contributed by atoms with Crippen LogP contribution in [0.3, 0.4) is 0 Å². The van der Waals surface area contributed by atoms with E-state index in [9.17, 15) is 9.18 Å². The minimum Gasteiger partial charge on any atom is -0.470 e. The number of ether oxygens (including phenoxy) is 1. The van der Waals surface area contributed by atoms with Gasteiger partial charge in [0.25, 0.3) is 5.88 Å². The van der Waals surface area contributed by atoms with Crippen LogP contribution in [0.25, 0.3) is 11.3 Å². The van der Waals surface area contributed by atoms with Gasteiger partial charge >= 0.3 is 0 Å². The van der Waals surface area contributed by atoms with Crippen LogP contribution in [0.2, 0.25) is 0 Å². The van der Waals surface area contributed by atoms with Crippen molar-refractivity contribution in [2.45, 2.75) is 90.1 Å². The second-order valence-electron chi connectivity index (χ2n) is 14.0. The Morgan fingerprint density at radius 2 is 1.65 bits per heavy atom. The molecular weight excluding hydrogens is 581 g/mol. The van der Waals surface area contributed by atoms with Gasteiger partial charge in [0.15, 0.2) is 5.82 Å². The molecule has 0 spiro atoms. The molecule has 10 heteroatoms. The molecule has 0 atom stereocenters. The lowest BCUT2D eigenvalue weighted by Gasteiger charge is -2.56. The summed E-state index contributed by atoms with van der Waals surface area (Å²) in [6.07, 6.45) is 18.4. The van der Waals surface area contributed by atoms with Crippen LogP contribution in [0.1, 0.15) is 89.0 Å². The van der Waals surface area contributed by atoms with E-state index in [4.69, 9.17) is 16.2 Å². The number of anilines is 3. The molecule has 0 radical (unpaired) electrons. The Balaban J connectivity index is 0.846. The van der Waals surface area contributed by atoms with E-state index in [2.05, 4.69) is 25.6 Å². The van der Waals surface area contributed by atoms with Crippen molar-refractivity contribution in [3.63, 3.8) is 0 Å². The third-order valence-electron chi connectivity index (χ3n) is 10.2. The van der Waals surface area contributed by atoms with Crippen LogP contribution in [0, 0.1) is 29.0 Å². The Kier molecular flexibility index (Phi) is 10.2. The van der Waals surface area contributed by atoms with Gasteiger partial charge in [-0.05, 0) is 104 Å². The first-order valence-corrected chi connectivity index (χ1v) is 17.1. The minimum absolute atomic E-state index is 0.150. The summed E-state index contributed by atoms with van der Waals surface area (Å²) < 4.78 is 20.7. The Morgan fingerprint density at radius 1 is 0.935 bits per heavy atom. The number of benzene rings is 1. The molecule has 0 aliphatic heterocycles. The topological polar surface area (TPSA) is 141 Å². The number of carbonyl (C=O) groups is 1. The lowest BCUT2D eigenvalue weighted by molar-refractivity contribution is -0.123. The first-order chi connectivity index (χ1) is 22.3. The molecule has 0 saturated heterocycles. The molecule has 2 heterocycles. The van der Waals surface area contributed by atoms with Gasteiger partial charge in [0.2, 0.25) is 5.91 Å². The van der Waals surface area contributed by atoms with Crippen molar-refractivity contribution in [1.82, 2.24) is 20.3 Å². The predicted octanol–water partition coefficient (Wildman–Crippen LogP) is 6.90. The Labute approximate surface area is 271 Å². The number of pyridine rings is 1. The Hall–Kier alpha value is -3.95. The molecule has 3 aromatic rings. The van der Waals surface area contributed by atoms with Gasteiger partial charge in [-0.15, -0.1) is 0 Å². The predicted molar refractivity (Wildman–Crippen MR) is 179 cm³/mol. The maximum absolute atomic E-state index is 14.9. The lowest BCUT2D eigenvalue weighted by atomic mass is 9.49. The van der Waals surface area contributed by atoms with Gasteiger partial charge in [0.1, 0.15) is 18.2 Å². The fraction of sp³-hybridized carbons (Fsp3) is 0.556. The molecule has 46 heavy (non-hydrogen) atoms. The highest BCUT2D eigenvalue weighted by Gasteiger charge is 2.50. The van der Waals surface area contributed by atoms with E-state index in [-0.39, 0.29) is 30.0 Å². The first kappa shape index (κ1) is 32.0. The summed E-state index contributed by atoms with van der Waals surface area (Å²) >= 11 is 0. The maximum Gasteiger partial charge on any atom is 0.258 e. The van der Waals surface area contributed by atoms with Crippen molar-refractivity contribution < 1.29 is 13.9 Å². The summed E-state index contributed by atoms with van der Waals surface area (Å²) in [5.74, 6) is 3.37. The number of halogens is 1. The van der Waals surface area contributed by atoms with E-state index in [1.165, 1.54) is 50.8 Å². The summed E-state index contributed by atoms with van der Waals surface area (Å²) in [6.45, 7) is 1.80. The molecule has 4 saturated carbocycles. The highest BCUT2D eigenvalue weighted by molar-refractivity contribution is 5.75. The van der Waals surface area contributed by atoms with Crippen LogP contribution in [0.4, 0.5) is 21.7 Å². The highest BCUT2D eigenvalue weighted by atomic mass is 19.1. The number of nitrogen functional groups attached to an aromatic ring is 2. The van der Waals surface area contributed by atoms with Gasteiger partial charge in [-0.2, -0.15) is 0 Å². The van der Waals surface area contributed by atoms with Crippen molar-refractivity contribution in [1.29, 1.82) is 0 Å². The van der Waals surface area contributed by atoms with Crippen molar-refractivity contribution in [2.24, 2.45) is 23.2 Å². The second kappa shape index (κ2) is 14.6. The lowest BCUT2D eigenvalue weighted by Crippen LogP contribution is -2.51. The summed E-state index contributed by atoms with van der Waals surface area (Å²) in [5, 5.41) is 6.52. The van der Waals surface area contributed by atoms with E-state index in [1.807, 2.05) is 0 Å². The van der Waals surface area contributed by atoms with Crippen LogP contribution in [0.5, 0.6) is 5.88 Å². The third-order valence-corrected chi connectivity index (χ3v) is 10.2. The number of unbranched alkanes of at least 4 members (excludes halogenated alkanes) is 5. The fourth-order valence-electron chi connectivity index (χ4n) is 8.40. The summed E-state index contributed by atoms with van der Waals surface area (Å²) in [5.41, 5.74) is 14.4. The molecule has 2 aromatic heterocycles. The van der Waals surface area contributed by atoms with Crippen molar-refractivity contribution >= 4 is 23.2 Å². The smallest absolute Gasteiger partial charge is 0.258 e. The normalized spacial score (nSPS) is 22.9. The molecule has 0 unspecified atom stereocenters. The molecular formula is C36H48FN7O2. The summed E-state index contributed by atoms with van der Waals surface area (Å²) in [7, 11) is 0. The van der Waals surface area contributed by atoms with Crippen molar-refractivity contribution in [3.8, 4) is 17.1 Å². The van der Waals surface area contributed by atoms with Crippen molar-refractivity contribution in [3.05, 3.63) is 54.1 Å². The number of nitrogens with two attached hydrogens (primary N) is 2. The van der Waals surface area contributed by atoms with E-state index in [0.717, 1.165) is 68.4 Å². The average Bonchev–Trinajstić information content (AvgIpc) is 3.03. The standard InChI is InChI=1S/C36H48FN7O2/c37-29-17-28(31-21-42-34(39)35(44-31)46-22-24-10-12-41-32(38)16-24)8-9-30(29)40-11-6-4-2-1-3-5-7-33(45)43-23-36-18-25-13-26(19-36)15-27(14-25)20-36/h8-10,12,16-17,21,25-27,40H,1-7,11,13-15,18-20,22-23H2,(H2,38,41)(H2,39,42)(H,43,45). The Bertz CT molecular complexity index is 1460. The first-order valence-electron chi connectivity index (χ1n) is 17.1. The SMILES string of the molecule is Nc1cc(COc2nc(-c3ccc(NCCCCCCCCC(=O)NCC45CC6CC(CC(C6)C4)C5)c(F)c3)cnc2N)ccn1. The monoisotopic (exact) mass is 629 g/mol. The summed E-state index contributed by atoms with van der Waals surface area (Å²) in [6, 6.07) is 8.46. The van der Waals surface area contributed by atoms with Crippen LogP contribution >= 0.6 is 0 Å². The van der Waals surface area contributed by atoms with Gasteiger partial charge in [0.05, 0.1) is 17.6 Å². The molecule has 1 amide bonds. The largest absolute Gasteiger partial charge is 0.470 e. The molecule has 4 aliphatic rings. The number of aromatic nitrogens is 3. The number of hydrogen-bond donors (Lipinski definition) is 4. The molecule has 9 nitrogen and oxygen atoms in total. The number of rotatable bonds is 16. The molecule has 4 bridgehead atoms. The Morgan fingerprint density at radius 3 is 2.37 bits per heavy atom.